The molecule has 2 aliphatic heterocycles. The number of thiazole rings is 1. The van der Waals surface area contributed by atoms with Crippen molar-refractivity contribution in [2.45, 2.75) is 6.42 Å². The van der Waals surface area contributed by atoms with Gasteiger partial charge in [-0.3, -0.25) is 10.1 Å². The van der Waals surface area contributed by atoms with Crippen molar-refractivity contribution in [2.24, 2.45) is 0 Å². The topological polar surface area (TPSA) is 111 Å². The number of pyridine rings is 1. The van der Waals surface area contributed by atoms with E-state index in [4.69, 9.17) is 0 Å². The van der Waals surface area contributed by atoms with Crippen LogP contribution in [0.2, 0.25) is 0 Å². The number of aromatic nitrogens is 4. The van der Waals surface area contributed by atoms with Crippen LogP contribution in [0.5, 0.6) is 0 Å². The van der Waals surface area contributed by atoms with E-state index in [2.05, 4.69) is 35.1 Å². The Labute approximate surface area is 207 Å². The summed E-state index contributed by atoms with van der Waals surface area (Å²) < 4.78 is 0. The van der Waals surface area contributed by atoms with Gasteiger partial charge in [-0.1, -0.05) is 6.07 Å². The molecule has 0 spiro atoms. The maximum Gasteiger partial charge on any atom is 0.323 e. The monoisotopic (exact) mass is 493 g/mol. The van der Waals surface area contributed by atoms with Crippen molar-refractivity contribution in [1.29, 1.82) is 0 Å². The molecular formula is C23H27N9O2S. The minimum Gasteiger partial charge on any atom is -0.353 e. The van der Waals surface area contributed by atoms with Crippen molar-refractivity contribution in [1.82, 2.24) is 29.7 Å². The molecule has 3 amide bonds. The summed E-state index contributed by atoms with van der Waals surface area (Å²) in [6, 6.07) is 7.46. The molecule has 0 atom stereocenters. The Kier molecular flexibility index (Phi) is 6.98. The number of hydrogen-bond donors (Lipinski definition) is 1. The van der Waals surface area contributed by atoms with Crippen LogP contribution in [0.3, 0.4) is 0 Å². The minimum atomic E-state index is -0.169. The third kappa shape index (κ3) is 5.65. The van der Waals surface area contributed by atoms with E-state index in [0.717, 1.165) is 18.9 Å². The van der Waals surface area contributed by atoms with Gasteiger partial charge >= 0.3 is 6.03 Å². The summed E-state index contributed by atoms with van der Waals surface area (Å²) in [6.07, 6.45) is 5.44. The Morgan fingerprint density at radius 1 is 0.829 bits per heavy atom. The summed E-state index contributed by atoms with van der Waals surface area (Å²) in [7, 11) is 0. The van der Waals surface area contributed by atoms with Gasteiger partial charge in [-0.25, -0.2) is 24.7 Å². The van der Waals surface area contributed by atoms with Gasteiger partial charge in [0, 0.05) is 76.3 Å². The largest absolute Gasteiger partial charge is 0.353 e. The first kappa shape index (κ1) is 23.0. The number of carbonyl (C=O) groups excluding carboxylic acids is 2. The maximum absolute atomic E-state index is 12.8. The van der Waals surface area contributed by atoms with Crippen molar-refractivity contribution >= 4 is 40.2 Å². The molecule has 35 heavy (non-hydrogen) atoms. The third-order valence-electron chi connectivity index (χ3n) is 6.11. The zero-order chi connectivity index (χ0) is 24.0. The fraction of sp³-hybridized carbons (Fsp3) is 0.391. The van der Waals surface area contributed by atoms with Gasteiger partial charge in [-0.05, 0) is 18.2 Å². The van der Waals surface area contributed by atoms with Crippen molar-refractivity contribution in [3.8, 4) is 0 Å². The van der Waals surface area contributed by atoms with Crippen LogP contribution in [-0.4, -0.2) is 94.0 Å². The lowest BCUT2D eigenvalue weighted by Crippen LogP contribution is -2.50. The Balaban J connectivity index is 1.07. The van der Waals surface area contributed by atoms with E-state index < -0.39 is 0 Å². The quantitative estimate of drug-likeness (QED) is 0.570. The number of rotatable bonds is 5. The average Bonchev–Trinajstić information content (AvgIpc) is 3.36. The first-order valence-electron chi connectivity index (χ1n) is 11.6. The van der Waals surface area contributed by atoms with E-state index in [1.165, 1.54) is 11.3 Å². The van der Waals surface area contributed by atoms with Crippen LogP contribution in [0.1, 0.15) is 5.69 Å². The first-order chi connectivity index (χ1) is 17.2. The molecule has 3 aromatic heterocycles. The van der Waals surface area contributed by atoms with Gasteiger partial charge in [0.1, 0.15) is 5.82 Å². The Bertz CT molecular complexity index is 1040. The van der Waals surface area contributed by atoms with E-state index in [0.29, 0.717) is 56.0 Å². The molecule has 0 radical (unpaired) electrons. The maximum atomic E-state index is 12.8. The van der Waals surface area contributed by atoms with Crippen LogP contribution in [0.25, 0.3) is 0 Å². The van der Waals surface area contributed by atoms with Crippen molar-refractivity contribution in [3.63, 3.8) is 0 Å². The highest BCUT2D eigenvalue weighted by Crippen LogP contribution is 2.19. The van der Waals surface area contributed by atoms with Gasteiger partial charge in [0.2, 0.25) is 11.9 Å². The van der Waals surface area contributed by atoms with Crippen molar-refractivity contribution in [2.75, 3.05) is 67.5 Å². The summed E-state index contributed by atoms with van der Waals surface area (Å²) in [5, 5.41) is 5.22. The van der Waals surface area contributed by atoms with Gasteiger partial charge in [0.15, 0.2) is 5.13 Å². The predicted molar refractivity (Wildman–Crippen MR) is 134 cm³/mol. The van der Waals surface area contributed by atoms with E-state index in [9.17, 15) is 9.59 Å². The molecule has 0 unspecified atom stereocenters. The second kappa shape index (κ2) is 10.6. The highest BCUT2D eigenvalue weighted by atomic mass is 32.1. The number of anilines is 3. The zero-order valence-corrected chi connectivity index (χ0v) is 20.1. The number of urea groups is 1. The van der Waals surface area contributed by atoms with Gasteiger partial charge < -0.3 is 19.6 Å². The lowest BCUT2D eigenvalue weighted by Gasteiger charge is -2.35. The SMILES string of the molecule is O=C(Cc1csc(NC(=O)N2CCN(c3ccccn3)CC2)n1)N1CCN(c2ncccn2)CC1. The average molecular weight is 494 g/mol. The molecule has 0 aliphatic carbocycles. The van der Waals surface area contributed by atoms with Crippen LogP contribution < -0.4 is 15.1 Å². The van der Waals surface area contributed by atoms with Gasteiger partial charge in [0.25, 0.3) is 0 Å². The fourth-order valence-corrected chi connectivity index (χ4v) is 4.87. The lowest BCUT2D eigenvalue weighted by molar-refractivity contribution is -0.130. The molecule has 5 heterocycles. The van der Waals surface area contributed by atoms with Crippen molar-refractivity contribution in [3.05, 3.63) is 53.9 Å². The molecule has 12 heteroatoms. The second-order valence-corrected chi connectivity index (χ2v) is 9.19. The molecule has 1 N–H and O–H groups in total. The minimum absolute atomic E-state index is 0.0347. The fourth-order valence-electron chi connectivity index (χ4n) is 4.17. The summed E-state index contributed by atoms with van der Waals surface area (Å²) in [5.74, 6) is 1.65. The molecule has 2 fully saturated rings. The van der Waals surface area contributed by atoms with Crippen LogP contribution in [0.15, 0.2) is 48.2 Å². The molecule has 2 saturated heterocycles. The molecule has 182 valence electrons. The van der Waals surface area contributed by atoms with Gasteiger partial charge in [-0.2, -0.15) is 0 Å². The Morgan fingerprint density at radius 2 is 1.51 bits per heavy atom. The van der Waals surface area contributed by atoms with Crippen LogP contribution in [0.4, 0.5) is 21.7 Å². The zero-order valence-electron chi connectivity index (χ0n) is 19.3. The Morgan fingerprint density at radius 3 is 2.23 bits per heavy atom. The lowest BCUT2D eigenvalue weighted by atomic mass is 10.2. The van der Waals surface area contributed by atoms with E-state index >= 15 is 0 Å². The van der Waals surface area contributed by atoms with Gasteiger partial charge in [-0.15, -0.1) is 11.3 Å². The van der Waals surface area contributed by atoms with Crippen molar-refractivity contribution < 1.29 is 9.59 Å². The van der Waals surface area contributed by atoms with E-state index in [1.54, 1.807) is 29.6 Å². The van der Waals surface area contributed by atoms with Crippen LogP contribution in [-0.2, 0) is 11.2 Å². The molecular weight excluding hydrogens is 466 g/mol. The highest BCUT2D eigenvalue weighted by Gasteiger charge is 2.24. The molecule has 2 aliphatic rings. The number of nitrogens with one attached hydrogen (secondary N) is 1. The molecule has 11 nitrogen and oxygen atoms in total. The molecule has 0 aromatic carbocycles. The third-order valence-corrected chi connectivity index (χ3v) is 6.91. The van der Waals surface area contributed by atoms with Gasteiger partial charge in [0.05, 0.1) is 12.1 Å². The number of amides is 3. The summed E-state index contributed by atoms with van der Waals surface area (Å²) >= 11 is 1.34. The second-order valence-electron chi connectivity index (χ2n) is 8.33. The summed E-state index contributed by atoms with van der Waals surface area (Å²) in [5.41, 5.74) is 0.670. The first-order valence-corrected chi connectivity index (χ1v) is 12.5. The summed E-state index contributed by atoms with van der Waals surface area (Å²) in [6.45, 7) is 5.31. The smallest absolute Gasteiger partial charge is 0.323 e. The van der Waals surface area contributed by atoms with Crippen LogP contribution >= 0.6 is 11.3 Å². The molecule has 0 saturated carbocycles. The standard InChI is InChI=1S/C23H27N9O2S/c33-20(30-10-12-31(13-11-30)21-25-6-3-7-26-21)16-18-17-35-22(27-18)28-23(34)32-14-8-29(9-15-32)19-4-1-2-5-24-19/h1-7,17H,8-16H2,(H,27,28,34). The molecule has 3 aromatic rings. The predicted octanol–water partition coefficient (Wildman–Crippen LogP) is 1.57. The van der Waals surface area contributed by atoms with E-state index in [-0.39, 0.29) is 18.4 Å². The van der Waals surface area contributed by atoms with Crippen LogP contribution in [0, 0.1) is 0 Å². The number of carbonyl (C=O) groups is 2. The number of nitrogens with zero attached hydrogens (tertiary/aromatic N) is 8. The molecule has 5 rings (SSSR count). The normalized spacial score (nSPS) is 16.3. The number of piperazine rings is 2. The number of hydrogen-bond acceptors (Lipinski definition) is 9. The molecule has 0 bridgehead atoms. The Hall–Kier alpha value is -3.80. The summed E-state index contributed by atoms with van der Waals surface area (Å²) in [4.78, 5) is 50.7. The highest BCUT2D eigenvalue weighted by molar-refractivity contribution is 7.13. The van der Waals surface area contributed by atoms with E-state index in [1.807, 2.05) is 28.5 Å².